The number of hydrogen-bond donors (Lipinski definition) is 1. The van der Waals surface area contributed by atoms with Crippen LogP contribution in [0.1, 0.15) is 12.6 Å². The quantitative estimate of drug-likeness (QED) is 0.833. The van der Waals surface area contributed by atoms with Crippen molar-refractivity contribution >= 4 is 35.0 Å². The van der Waals surface area contributed by atoms with Gasteiger partial charge in [-0.25, -0.2) is 14.0 Å². The molecule has 4 rings (SSSR count). The maximum atomic E-state index is 13.3. The average Bonchev–Trinajstić information content (AvgIpc) is 3.20. The Kier molecular flexibility index (Phi) is 4.62. The molecule has 0 saturated carbocycles. The van der Waals surface area contributed by atoms with E-state index in [1.165, 1.54) is 18.2 Å². The molecule has 2 aliphatic rings. The minimum atomic E-state index is -0.542. The third-order valence-corrected chi connectivity index (χ3v) is 5.44. The molecule has 1 N–H and O–H groups in total. The van der Waals surface area contributed by atoms with Gasteiger partial charge < -0.3 is 15.1 Å². The van der Waals surface area contributed by atoms with E-state index in [1.54, 1.807) is 27.9 Å². The first-order valence-electron chi connectivity index (χ1n) is 8.95. The molecule has 3 heterocycles. The fraction of sp³-hybridized carbons (Fsp3) is 0.389. The Morgan fingerprint density at radius 3 is 2.82 bits per heavy atom. The number of likely N-dealkylation sites (N-methyl/N-ethyl adjacent to an activating group) is 1. The van der Waals surface area contributed by atoms with Crippen molar-refractivity contribution in [2.75, 3.05) is 30.4 Å². The zero-order valence-corrected chi connectivity index (χ0v) is 16.3. The molecule has 2 aliphatic heterocycles. The topological polar surface area (TPSA) is 73.7 Å². The number of nitrogens with one attached hydrogen (secondary N) is 1. The number of rotatable bonds is 2. The van der Waals surface area contributed by atoms with Crippen LogP contribution in [0.15, 0.2) is 24.4 Å². The number of amides is 4. The first kappa shape index (κ1) is 18.5. The van der Waals surface area contributed by atoms with Crippen molar-refractivity contribution in [3.63, 3.8) is 0 Å². The fourth-order valence-corrected chi connectivity index (χ4v) is 3.70. The minimum Gasteiger partial charge on any atom is -0.326 e. The molecule has 8 nitrogen and oxygen atoms in total. The lowest BCUT2D eigenvalue weighted by atomic mass is 10.2. The number of benzene rings is 1. The Bertz CT molecular complexity index is 948. The van der Waals surface area contributed by atoms with Crippen LogP contribution < -0.4 is 10.2 Å². The molecule has 1 atom stereocenters. The number of anilines is 2. The van der Waals surface area contributed by atoms with Gasteiger partial charge in [0.2, 0.25) is 0 Å². The largest absolute Gasteiger partial charge is 0.326 e. The molecule has 1 saturated heterocycles. The van der Waals surface area contributed by atoms with Gasteiger partial charge in [0.1, 0.15) is 5.82 Å². The Hall–Kier alpha value is -2.81. The van der Waals surface area contributed by atoms with Crippen molar-refractivity contribution in [3.05, 3.63) is 40.9 Å². The molecular weight excluding hydrogens is 387 g/mol. The minimum absolute atomic E-state index is 0.0541. The summed E-state index contributed by atoms with van der Waals surface area (Å²) in [6, 6.07) is 3.54. The van der Waals surface area contributed by atoms with Gasteiger partial charge in [0, 0.05) is 25.8 Å². The highest BCUT2D eigenvalue weighted by Gasteiger charge is 2.34. The van der Waals surface area contributed by atoms with Crippen molar-refractivity contribution in [1.82, 2.24) is 19.6 Å². The summed E-state index contributed by atoms with van der Waals surface area (Å²) in [4.78, 5) is 30.2. The summed E-state index contributed by atoms with van der Waals surface area (Å²) < 4.78 is 15.2. The second-order valence-electron chi connectivity index (χ2n) is 7.05. The number of nitrogens with zero attached hydrogens (tertiary/aromatic N) is 5. The van der Waals surface area contributed by atoms with Crippen LogP contribution in [0.4, 0.5) is 25.4 Å². The van der Waals surface area contributed by atoms with Gasteiger partial charge in [0.25, 0.3) is 0 Å². The van der Waals surface area contributed by atoms with Crippen molar-refractivity contribution in [3.8, 4) is 0 Å². The molecule has 0 spiro atoms. The second-order valence-corrected chi connectivity index (χ2v) is 7.46. The standard InChI is InChI=1S/C18H20ClFN6O2/c1-11-9-26-16(15(8-21-26)24-6-5-23(2)18(24)28)10-25(11)17(27)22-12-3-4-14(20)13(19)7-12/h3-4,7-8,11H,5-6,9-10H2,1-2H3,(H,22,27). The molecule has 28 heavy (non-hydrogen) atoms. The van der Waals surface area contributed by atoms with Crippen LogP contribution in [0.5, 0.6) is 0 Å². The maximum absolute atomic E-state index is 13.3. The van der Waals surface area contributed by atoms with E-state index in [4.69, 9.17) is 11.6 Å². The van der Waals surface area contributed by atoms with Crippen LogP contribution >= 0.6 is 11.6 Å². The van der Waals surface area contributed by atoms with Crippen LogP contribution in [-0.2, 0) is 13.1 Å². The number of hydrogen-bond acceptors (Lipinski definition) is 3. The number of urea groups is 2. The lowest BCUT2D eigenvalue weighted by molar-refractivity contribution is 0.161. The van der Waals surface area contributed by atoms with Gasteiger partial charge in [-0.15, -0.1) is 0 Å². The molecule has 1 unspecified atom stereocenters. The average molecular weight is 407 g/mol. The number of carbonyl (C=O) groups excluding carboxylic acids is 2. The summed E-state index contributed by atoms with van der Waals surface area (Å²) in [5, 5.41) is 7.10. The number of aromatic nitrogens is 2. The first-order valence-corrected chi connectivity index (χ1v) is 9.33. The highest BCUT2D eigenvalue weighted by atomic mass is 35.5. The third-order valence-electron chi connectivity index (χ3n) is 5.15. The summed E-state index contributed by atoms with van der Waals surface area (Å²) in [6.07, 6.45) is 1.68. The zero-order valence-electron chi connectivity index (χ0n) is 15.5. The van der Waals surface area contributed by atoms with Crippen LogP contribution in [0.2, 0.25) is 5.02 Å². The van der Waals surface area contributed by atoms with E-state index in [1.807, 2.05) is 11.6 Å². The van der Waals surface area contributed by atoms with Crippen molar-refractivity contribution in [1.29, 1.82) is 0 Å². The van der Waals surface area contributed by atoms with E-state index in [0.717, 1.165) is 11.4 Å². The zero-order chi connectivity index (χ0) is 20.0. The van der Waals surface area contributed by atoms with Gasteiger partial charge in [0.15, 0.2) is 0 Å². The summed E-state index contributed by atoms with van der Waals surface area (Å²) in [5.41, 5.74) is 1.96. The molecule has 0 aliphatic carbocycles. The van der Waals surface area contributed by atoms with E-state index < -0.39 is 5.82 Å². The molecule has 148 valence electrons. The van der Waals surface area contributed by atoms with Crippen molar-refractivity contribution in [2.24, 2.45) is 0 Å². The number of halogens is 2. The fourth-order valence-electron chi connectivity index (χ4n) is 3.52. The highest BCUT2D eigenvalue weighted by Crippen LogP contribution is 2.29. The Morgan fingerprint density at radius 1 is 1.36 bits per heavy atom. The van der Waals surface area contributed by atoms with Crippen LogP contribution in [0.25, 0.3) is 0 Å². The first-order chi connectivity index (χ1) is 13.3. The normalized spacial score (nSPS) is 19.2. The number of carbonyl (C=O) groups is 2. The maximum Gasteiger partial charge on any atom is 0.324 e. The molecule has 4 amide bonds. The summed E-state index contributed by atoms with van der Waals surface area (Å²) >= 11 is 5.79. The van der Waals surface area contributed by atoms with Crippen molar-refractivity contribution < 1.29 is 14.0 Å². The monoisotopic (exact) mass is 406 g/mol. The Balaban J connectivity index is 1.55. The molecule has 0 bridgehead atoms. The smallest absolute Gasteiger partial charge is 0.324 e. The van der Waals surface area contributed by atoms with E-state index in [9.17, 15) is 14.0 Å². The Labute approximate surface area is 166 Å². The highest BCUT2D eigenvalue weighted by molar-refractivity contribution is 6.31. The van der Waals surface area contributed by atoms with E-state index in [0.29, 0.717) is 31.9 Å². The number of fused-ring (bicyclic) bond motifs is 1. The molecule has 0 radical (unpaired) electrons. The van der Waals surface area contributed by atoms with E-state index in [2.05, 4.69) is 10.4 Å². The van der Waals surface area contributed by atoms with Gasteiger partial charge in [-0.05, 0) is 25.1 Å². The SMILES string of the molecule is CC1Cn2ncc(N3CCN(C)C3=O)c2CN1C(=O)Nc1ccc(F)c(Cl)c1. The lowest BCUT2D eigenvalue weighted by Gasteiger charge is -2.34. The van der Waals surface area contributed by atoms with Gasteiger partial charge >= 0.3 is 12.1 Å². The van der Waals surface area contributed by atoms with Gasteiger partial charge in [0.05, 0.1) is 41.7 Å². The molecule has 1 fully saturated rings. The van der Waals surface area contributed by atoms with Crippen molar-refractivity contribution in [2.45, 2.75) is 26.1 Å². The van der Waals surface area contributed by atoms with Crippen LogP contribution in [0.3, 0.4) is 0 Å². The molecule has 10 heteroatoms. The summed E-state index contributed by atoms with van der Waals surface area (Å²) in [5.74, 6) is -0.542. The van der Waals surface area contributed by atoms with E-state index >= 15 is 0 Å². The molecule has 1 aromatic carbocycles. The van der Waals surface area contributed by atoms with Crippen LogP contribution in [-0.4, -0.2) is 57.8 Å². The lowest BCUT2D eigenvalue weighted by Crippen LogP contribution is -2.47. The van der Waals surface area contributed by atoms with Gasteiger partial charge in [-0.2, -0.15) is 5.10 Å². The predicted octanol–water partition coefficient (Wildman–Crippen LogP) is 2.98. The van der Waals surface area contributed by atoms with Crippen LogP contribution in [0, 0.1) is 5.82 Å². The summed E-state index contributed by atoms with van der Waals surface area (Å²) in [7, 11) is 1.76. The second kappa shape index (κ2) is 6.97. The van der Waals surface area contributed by atoms with Gasteiger partial charge in [-0.3, -0.25) is 9.58 Å². The molecular formula is C18H20ClFN6O2. The molecule has 2 aromatic rings. The predicted molar refractivity (Wildman–Crippen MR) is 103 cm³/mol. The van der Waals surface area contributed by atoms with Gasteiger partial charge in [-0.1, -0.05) is 11.6 Å². The van der Waals surface area contributed by atoms with E-state index in [-0.39, 0.29) is 23.1 Å². The Morgan fingerprint density at radius 2 is 2.14 bits per heavy atom. The molecule has 1 aromatic heterocycles. The summed E-state index contributed by atoms with van der Waals surface area (Å²) in [6.45, 7) is 3.99. The third kappa shape index (κ3) is 3.15.